The third kappa shape index (κ3) is 0.854. The number of epoxide rings is 1. The molecule has 3 heteroatoms. The monoisotopic (exact) mass is 180 g/mol. The molecule has 3 rings (SSSR count). The van der Waals surface area contributed by atoms with Gasteiger partial charge in [0.15, 0.2) is 0 Å². The van der Waals surface area contributed by atoms with E-state index in [1.54, 1.807) is 0 Å². The summed E-state index contributed by atoms with van der Waals surface area (Å²) in [5.74, 6) is 0.427. The van der Waals surface area contributed by atoms with E-state index < -0.39 is 5.97 Å². The summed E-state index contributed by atoms with van der Waals surface area (Å²) in [5, 5.41) is 8.83. The van der Waals surface area contributed by atoms with E-state index in [2.05, 4.69) is 6.58 Å². The second kappa shape index (κ2) is 2.15. The van der Waals surface area contributed by atoms with Crippen LogP contribution in [0.15, 0.2) is 12.2 Å². The van der Waals surface area contributed by atoms with Crippen LogP contribution in [0.2, 0.25) is 0 Å². The summed E-state index contributed by atoms with van der Waals surface area (Å²) in [6, 6.07) is 0. The highest BCUT2D eigenvalue weighted by Crippen LogP contribution is 2.60. The van der Waals surface area contributed by atoms with Crippen LogP contribution in [-0.4, -0.2) is 23.3 Å². The lowest BCUT2D eigenvalue weighted by molar-refractivity contribution is -0.133. The van der Waals surface area contributed by atoms with Crippen molar-refractivity contribution in [2.45, 2.75) is 25.0 Å². The average molecular weight is 180 g/mol. The van der Waals surface area contributed by atoms with Gasteiger partial charge in [-0.2, -0.15) is 0 Å². The van der Waals surface area contributed by atoms with Crippen molar-refractivity contribution in [2.75, 3.05) is 0 Å². The third-order valence-corrected chi connectivity index (χ3v) is 3.82. The lowest BCUT2D eigenvalue weighted by Crippen LogP contribution is -2.22. The molecule has 3 fully saturated rings. The fraction of sp³-hybridized carbons (Fsp3) is 0.700. The highest BCUT2D eigenvalue weighted by molar-refractivity contribution is 5.86. The molecule has 2 aliphatic carbocycles. The molecule has 70 valence electrons. The predicted octanol–water partition coefficient (Wildman–Crippen LogP) is 1.05. The van der Waals surface area contributed by atoms with Crippen LogP contribution >= 0.6 is 0 Å². The lowest BCUT2D eigenvalue weighted by atomic mass is 9.84. The van der Waals surface area contributed by atoms with Gasteiger partial charge in [0.2, 0.25) is 0 Å². The first-order valence-corrected chi connectivity index (χ1v) is 4.76. The maximum Gasteiger partial charge on any atom is 0.331 e. The van der Waals surface area contributed by atoms with Gasteiger partial charge in [-0.05, 0) is 30.6 Å². The van der Waals surface area contributed by atoms with Crippen molar-refractivity contribution in [3.8, 4) is 0 Å². The standard InChI is InChI=1S/C10H12O3/c1-4(10(11)12)6-2-5-3-7(6)9-8(5)13-9/h5-9H,1-3H2,(H,11,12). The van der Waals surface area contributed by atoms with Crippen LogP contribution in [0.1, 0.15) is 12.8 Å². The van der Waals surface area contributed by atoms with E-state index in [0.717, 1.165) is 12.8 Å². The Morgan fingerprint density at radius 1 is 1.38 bits per heavy atom. The Kier molecular flexibility index (Phi) is 1.25. The minimum atomic E-state index is -0.838. The molecular weight excluding hydrogens is 168 g/mol. The minimum Gasteiger partial charge on any atom is -0.478 e. The molecule has 2 saturated carbocycles. The molecule has 0 aromatic carbocycles. The first-order chi connectivity index (χ1) is 6.18. The molecule has 2 bridgehead atoms. The Morgan fingerprint density at radius 3 is 2.69 bits per heavy atom. The summed E-state index contributed by atoms with van der Waals surface area (Å²) in [5.41, 5.74) is 0.390. The number of carboxylic acids is 1. The van der Waals surface area contributed by atoms with E-state index >= 15 is 0 Å². The van der Waals surface area contributed by atoms with Crippen molar-refractivity contribution in [1.82, 2.24) is 0 Å². The Hall–Kier alpha value is -0.830. The lowest BCUT2D eigenvalue weighted by Gasteiger charge is -2.18. The SMILES string of the molecule is C=C(C(=O)O)C1CC2CC1C1OC21. The van der Waals surface area contributed by atoms with Crippen LogP contribution in [-0.2, 0) is 9.53 Å². The highest BCUT2D eigenvalue weighted by atomic mass is 16.6. The fourth-order valence-electron chi connectivity index (χ4n) is 3.16. The number of fused-ring (bicyclic) bond motifs is 5. The maximum absolute atomic E-state index is 10.7. The topological polar surface area (TPSA) is 49.8 Å². The number of carbonyl (C=O) groups is 1. The Labute approximate surface area is 76.4 Å². The van der Waals surface area contributed by atoms with Crippen LogP contribution in [0.5, 0.6) is 0 Å². The molecule has 0 aromatic rings. The molecule has 3 nitrogen and oxygen atoms in total. The highest BCUT2D eigenvalue weighted by Gasteiger charge is 2.63. The summed E-state index contributed by atoms with van der Waals surface area (Å²) < 4.78 is 5.47. The fourth-order valence-corrected chi connectivity index (χ4v) is 3.16. The molecule has 1 N–H and O–H groups in total. The van der Waals surface area contributed by atoms with Crippen molar-refractivity contribution >= 4 is 5.97 Å². The van der Waals surface area contributed by atoms with Gasteiger partial charge in [-0.15, -0.1) is 0 Å². The normalized spacial score (nSPS) is 50.3. The van der Waals surface area contributed by atoms with Gasteiger partial charge in [0.25, 0.3) is 0 Å². The first-order valence-electron chi connectivity index (χ1n) is 4.76. The predicted molar refractivity (Wildman–Crippen MR) is 45.1 cm³/mol. The molecule has 0 radical (unpaired) electrons. The van der Waals surface area contributed by atoms with Crippen molar-refractivity contribution in [1.29, 1.82) is 0 Å². The van der Waals surface area contributed by atoms with E-state index in [0.29, 0.717) is 29.6 Å². The number of hydrogen-bond acceptors (Lipinski definition) is 2. The molecule has 13 heavy (non-hydrogen) atoms. The van der Waals surface area contributed by atoms with Gasteiger partial charge in [-0.25, -0.2) is 4.79 Å². The van der Waals surface area contributed by atoms with Gasteiger partial charge in [0, 0.05) is 5.57 Å². The van der Waals surface area contributed by atoms with Crippen LogP contribution in [0.3, 0.4) is 0 Å². The number of rotatable bonds is 2. The quantitative estimate of drug-likeness (QED) is 0.510. The zero-order valence-electron chi connectivity index (χ0n) is 7.27. The van der Waals surface area contributed by atoms with Crippen LogP contribution in [0, 0.1) is 17.8 Å². The second-order valence-corrected chi connectivity index (χ2v) is 4.40. The third-order valence-electron chi connectivity index (χ3n) is 3.82. The van der Waals surface area contributed by atoms with Gasteiger partial charge in [0.05, 0.1) is 12.2 Å². The molecule has 3 aliphatic rings. The number of aliphatic carboxylic acids is 1. The van der Waals surface area contributed by atoms with Crippen LogP contribution in [0.4, 0.5) is 0 Å². The van der Waals surface area contributed by atoms with Crippen LogP contribution in [0.25, 0.3) is 0 Å². The van der Waals surface area contributed by atoms with Gasteiger partial charge >= 0.3 is 5.97 Å². The smallest absolute Gasteiger partial charge is 0.331 e. The first kappa shape index (κ1) is 7.56. The van der Waals surface area contributed by atoms with E-state index in [-0.39, 0.29) is 5.92 Å². The maximum atomic E-state index is 10.7. The van der Waals surface area contributed by atoms with Gasteiger partial charge in [0.1, 0.15) is 0 Å². The van der Waals surface area contributed by atoms with E-state index in [9.17, 15) is 4.79 Å². The largest absolute Gasteiger partial charge is 0.478 e. The van der Waals surface area contributed by atoms with Gasteiger partial charge in [-0.1, -0.05) is 6.58 Å². The molecule has 1 heterocycles. The summed E-state index contributed by atoms with van der Waals surface area (Å²) in [6.45, 7) is 3.65. The van der Waals surface area contributed by atoms with E-state index in [1.165, 1.54) is 0 Å². The molecular formula is C10H12O3. The summed E-state index contributed by atoms with van der Waals surface area (Å²) in [7, 11) is 0. The molecule has 0 spiro atoms. The number of ether oxygens (including phenoxy) is 1. The summed E-state index contributed by atoms with van der Waals surface area (Å²) >= 11 is 0. The Morgan fingerprint density at radius 2 is 2.15 bits per heavy atom. The molecule has 1 aliphatic heterocycles. The van der Waals surface area contributed by atoms with Crippen molar-refractivity contribution in [3.63, 3.8) is 0 Å². The Balaban J connectivity index is 1.81. The minimum absolute atomic E-state index is 0.186. The van der Waals surface area contributed by atoms with Gasteiger partial charge in [-0.3, -0.25) is 0 Å². The molecule has 0 amide bonds. The number of carboxylic acid groups (broad SMARTS) is 1. The average Bonchev–Trinajstić information content (AvgIpc) is 2.71. The van der Waals surface area contributed by atoms with Crippen molar-refractivity contribution in [2.24, 2.45) is 17.8 Å². The second-order valence-electron chi connectivity index (χ2n) is 4.40. The van der Waals surface area contributed by atoms with Gasteiger partial charge < -0.3 is 9.84 Å². The molecule has 5 unspecified atom stereocenters. The Bertz CT molecular complexity index is 297. The van der Waals surface area contributed by atoms with Crippen LogP contribution < -0.4 is 0 Å². The van der Waals surface area contributed by atoms with E-state index in [4.69, 9.17) is 9.84 Å². The zero-order chi connectivity index (χ0) is 9.16. The molecule has 0 aromatic heterocycles. The van der Waals surface area contributed by atoms with Crippen molar-refractivity contribution < 1.29 is 14.6 Å². The number of hydrogen-bond donors (Lipinski definition) is 1. The summed E-state index contributed by atoms with van der Waals surface area (Å²) in [6.07, 6.45) is 2.99. The van der Waals surface area contributed by atoms with E-state index in [1.807, 2.05) is 0 Å². The summed E-state index contributed by atoms with van der Waals surface area (Å²) in [4.78, 5) is 10.7. The molecule has 5 atom stereocenters. The van der Waals surface area contributed by atoms with Crippen molar-refractivity contribution in [3.05, 3.63) is 12.2 Å². The zero-order valence-corrected chi connectivity index (χ0v) is 7.27. The molecule has 1 saturated heterocycles.